The molecule has 3 aliphatic rings. The van der Waals surface area contributed by atoms with Gasteiger partial charge in [0.1, 0.15) is 17.8 Å². The first-order valence-corrected chi connectivity index (χ1v) is 13.8. The van der Waals surface area contributed by atoms with Crippen molar-refractivity contribution in [1.82, 2.24) is 9.80 Å². The summed E-state index contributed by atoms with van der Waals surface area (Å²) < 4.78 is 5.18. The number of benzene rings is 2. The molecule has 5 rings (SSSR count). The molecule has 1 N–H and O–H groups in total. The molecule has 0 unspecified atom stereocenters. The fraction of sp³-hybridized carbons (Fsp3) is 0.500. The highest BCUT2D eigenvalue weighted by Gasteiger charge is 2.54. The molecular formula is C30H38N4O4. The molecule has 2 aromatic rings. The van der Waals surface area contributed by atoms with Crippen molar-refractivity contribution in [2.45, 2.75) is 56.9 Å². The highest BCUT2D eigenvalue weighted by molar-refractivity contribution is 5.99. The minimum Gasteiger partial charge on any atom is -0.497 e. The molecule has 1 spiro atoms. The zero-order chi connectivity index (χ0) is 26.5. The van der Waals surface area contributed by atoms with Crippen LogP contribution in [0, 0.1) is 5.92 Å². The Labute approximate surface area is 224 Å². The van der Waals surface area contributed by atoms with Gasteiger partial charge in [0, 0.05) is 30.9 Å². The van der Waals surface area contributed by atoms with Gasteiger partial charge in [-0.15, -0.1) is 0 Å². The summed E-state index contributed by atoms with van der Waals surface area (Å²) in [6, 6.07) is 17.0. The molecule has 0 atom stereocenters. The van der Waals surface area contributed by atoms with Gasteiger partial charge in [-0.3, -0.25) is 14.4 Å². The van der Waals surface area contributed by atoms with E-state index < -0.39 is 5.54 Å². The van der Waals surface area contributed by atoms with Crippen molar-refractivity contribution in [3.63, 3.8) is 0 Å². The van der Waals surface area contributed by atoms with Crippen molar-refractivity contribution < 1.29 is 19.1 Å². The number of para-hydroxylation sites is 1. The summed E-state index contributed by atoms with van der Waals surface area (Å²) in [6.07, 6.45) is 7.78. The number of rotatable bonds is 8. The van der Waals surface area contributed by atoms with Crippen molar-refractivity contribution in [3.8, 4) is 5.75 Å². The predicted octanol–water partition coefficient (Wildman–Crippen LogP) is 4.27. The molecule has 0 aromatic heterocycles. The first kappa shape index (κ1) is 26.1. The molecule has 2 aromatic carbocycles. The lowest BCUT2D eigenvalue weighted by molar-refractivity contribution is -0.139. The van der Waals surface area contributed by atoms with Gasteiger partial charge in [0.15, 0.2) is 0 Å². The molecule has 2 heterocycles. The van der Waals surface area contributed by atoms with E-state index in [2.05, 4.69) is 10.2 Å². The number of likely N-dealkylation sites (tertiary alicyclic amines) is 1. The van der Waals surface area contributed by atoms with Crippen molar-refractivity contribution in [2.75, 3.05) is 43.6 Å². The zero-order valence-electron chi connectivity index (χ0n) is 22.2. The fourth-order valence-electron chi connectivity index (χ4n) is 6.28. The summed E-state index contributed by atoms with van der Waals surface area (Å²) in [5, 5.41) is 2.89. The molecule has 8 nitrogen and oxygen atoms in total. The Morgan fingerprint density at radius 3 is 2.34 bits per heavy atom. The third-order valence-electron chi connectivity index (χ3n) is 8.47. The number of carbonyl (C=O) groups is 3. The van der Waals surface area contributed by atoms with E-state index in [1.54, 1.807) is 36.3 Å². The van der Waals surface area contributed by atoms with Crippen LogP contribution in [0.4, 0.5) is 11.4 Å². The van der Waals surface area contributed by atoms with Gasteiger partial charge >= 0.3 is 0 Å². The van der Waals surface area contributed by atoms with Crippen LogP contribution in [-0.4, -0.2) is 66.5 Å². The average molecular weight is 519 g/mol. The topological polar surface area (TPSA) is 82.2 Å². The Balaban J connectivity index is 1.25. The first-order chi connectivity index (χ1) is 18.5. The molecule has 2 saturated heterocycles. The van der Waals surface area contributed by atoms with E-state index in [4.69, 9.17) is 4.74 Å². The minimum atomic E-state index is -0.746. The molecule has 0 bridgehead atoms. The van der Waals surface area contributed by atoms with Crippen LogP contribution in [0.25, 0.3) is 0 Å². The van der Waals surface area contributed by atoms with E-state index in [0.29, 0.717) is 56.4 Å². The number of hydrogen-bond donors (Lipinski definition) is 1. The number of amides is 3. The van der Waals surface area contributed by atoms with Crippen LogP contribution in [0.5, 0.6) is 5.75 Å². The van der Waals surface area contributed by atoms with Crippen molar-refractivity contribution in [2.24, 2.45) is 5.92 Å². The number of carbonyl (C=O) groups excluding carboxylic acids is 3. The molecule has 8 heteroatoms. The van der Waals surface area contributed by atoms with Gasteiger partial charge < -0.3 is 24.8 Å². The third kappa shape index (κ3) is 5.49. The summed E-state index contributed by atoms with van der Waals surface area (Å²) in [4.78, 5) is 45.5. The van der Waals surface area contributed by atoms with Crippen LogP contribution in [-0.2, 0) is 14.4 Å². The Morgan fingerprint density at radius 1 is 1.00 bits per heavy atom. The van der Waals surface area contributed by atoms with Gasteiger partial charge in [-0.05, 0) is 61.6 Å². The van der Waals surface area contributed by atoms with Crippen LogP contribution in [0.1, 0.15) is 51.4 Å². The van der Waals surface area contributed by atoms with E-state index in [-0.39, 0.29) is 24.3 Å². The van der Waals surface area contributed by atoms with E-state index in [0.717, 1.165) is 12.1 Å². The molecule has 3 fully saturated rings. The predicted molar refractivity (Wildman–Crippen MR) is 147 cm³/mol. The minimum absolute atomic E-state index is 0.0278. The molecule has 1 saturated carbocycles. The Kier molecular flexibility index (Phi) is 7.86. The maximum atomic E-state index is 13.9. The number of anilines is 2. The molecular weight excluding hydrogens is 480 g/mol. The lowest BCUT2D eigenvalue weighted by Gasteiger charge is -2.43. The van der Waals surface area contributed by atoms with E-state index in [1.807, 2.05) is 35.2 Å². The Bertz CT molecular complexity index is 1120. The van der Waals surface area contributed by atoms with Crippen LogP contribution in [0.3, 0.4) is 0 Å². The zero-order valence-corrected chi connectivity index (χ0v) is 22.2. The molecule has 1 aliphatic carbocycles. The van der Waals surface area contributed by atoms with Crippen LogP contribution >= 0.6 is 0 Å². The quantitative estimate of drug-likeness (QED) is 0.564. The number of ether oxygens (including phenoxy) is 1. The SMILES string of the molecule is COc1ccc(NC(=O)CN2CN(c3ccccc3)C3(CCN(C(=O)CCC4CCCC4)CC3)C2=O)cc1. The van der Waals surface area contributed by atoms with Crippen LogP contribution in [0.15, 0.2) is 54.6 Å². The van der Waals surface area contributed by atoms with Gasteiger partial charge in [0.2, 0.25) is 11.8 Å². The largest absolute Gasteiger partial charge is 0.497 e. The molecule has 202 valence electrons. The van der Waals surface area contributed by atoms with Crippen molar-refractivity contribution in [3.05, 3.63) is 54.6 Å². The molecule has 3 amide bonds. The molecule has 38 heavy (non-hydrogen) atoms. The van der Waals surface area contributed by atoms with Crippen molar-refractivity contribution in [1.29, 1.82) is 0 Å². The summed E-state index contributed by atoms with van der Waals surface area (Å²) in [6.45, 7) is 1.43. The molecule has 2 aliphatic heterocycles. The summed E-state index contributed by atoms with van der Waals surface area (Å²) >= 11 is 0. The lowest BCUT2D eigenvalue weighted by Crippen LogP contribution is -2.57. The average Bonchev–Trinajstić information content (AvgIpc) is 3.56. The van der Waals surface area contributed by atoms with Gasteiger partial charge in [-0.2, -0.15) is 0 Å². The second-order valence-corrected chi connectivity index (χ2v) is 10.8. The Morgan fingerprint density at radius 2 is 1.68 bits per heavy atom. The monoisotopic (exact) mass is 518 g/mol. The van der Waals surface area contributed by atoms with Gasteiger partial charge in [0.05, 0.1) is 13.8 Å². The van der Waals surface area contributed by atoms with E-state index in [9.17, 15) is 14.4 Å². The van der Waals surface area contributed by atoms with Crippen LogP contribution in [0.2, 0.25) is 0 Å². The lowest BCUT2D eigenvalue weighted by atomic mass is 9.85. The highest BCUT2D eigenvalue weighted by Crippen LogP contribution is 2.40. The second kappa shape index (κ2) is 11.5. The molecule has 0 radical (unpaired) electrons. The highest BCUT2D eigenvalue weighted by atomic mass is 16.5. The summed E-state index contributed by atoms with van der Waals surface area (Å²) in [7, 11) is 1.59. The smallest absolute Gasteiger partial charge is 0.250 e. The number of hydrogen-bond acceptors (Lipinski definition) is 5. The van der Waals surface area contributed by atoms with E-state index >= 15 is 0 Å². The number of methoxy groups -OCH3 is 1. The Hall–Kier alpha value is -3.55. The second-order valence-electron chi connectivity index (χ2n) is 10.8. The summed E-state index contributed by atoms with van der Waals surface area (Å²) in [5.74, 6) is 1.33. The van der Waals surface area contributed by atoms with Crippen molar-refractivity contribution >= 4 is 29.1 Å². The maximum Gasteiger partial charge on any atom is 0.250 e. The van der Waals surface area contributed by atoms with Gasteiger partial charge in [-0.1, -0.05) is 43.9 Å². The normalized spacial score (nSPS) is 19.3. The first-order valence-electron chi connectivity index (χ1n) is 13.8. The van der Waals surface area contributed by atoms with Gasteiger partial charge in [0.25, 0.3) is 5.91 Å². The fourth-order valence-corrected chi connectivity index (χ4v) is 6.28. The maximum absolute atomic E-state index is 13.9. The number of piperidine rings is 1. The third-order valence-corrected chi connectivity index (χ3v) is 8.47. The van der Waals surface area contributed by atoms with Crippen LogP contribution < -0.4 is 15.0 Å². The summed E-state index contributed by atoms with van der Waals surface area (Å²) in [5.41, 5.74) is 0.866. The standard InChI is InChI=1S/C30H38N4O4/c1-38-26-14-12-24(13-15-26)31-27(35)21-33-22-34(25-9-3-2-4-10-25)30(29(33)37)17-19-32(20-18-30)28(36)16-11-23-7-5-6-8-23/h2-4,9-10,12-15,23H,5-8,11,16-22H2,1H3,(H,31,35). The van der Waals surface area contributed by atoms with E-state index in [1.165, 1.54) is 25.7 Å². The van der Waals surface area contributed by atoms with Gasteiger partial charge in [-0.25, -0.2) is 0 Å². The number of nitrogens with one attached hydrogen (secondary N) is 1. The number of nitrogens with zero attached hydrogens (tertiary/aromatic N) is 3.